The van der Waals surface area contributed by atoms with Crippen LogP contribution in [-0.4, -0.2) is 42.6 Å². The molecule has 110 valence electrons. The second-order valence-electron chi connectivity index (χ2n) is 5.71. The lowest BCUT2D eigenvalue weighted by Gasteiger charge is -2.24. The average Bonchev–Trinajstić information content (AvgIpc) is 3.28. The molecule has 0 spiro atoms. The lowest BCUT2D eigenvalue weighted by Crippen LogP contribution is -2.47. The molecular formula is C14H29N5. The number of nitrogens with one attached hydrogen (secondary N) is 2. The summed E-state index contributed by atoms with van der Waals surface area (Å²) in [7, 11) is 0. The van der Waals surface area contributed by atoms with Crippen LogP contribution >= 0.6 is 0 Å². The summed E-state index contributed by atoms with van der Waals surface area (Å²) in [5.41, 5.74) is 2.71. The molecule has 0 aromatic heterocycles. The van der Waals surface area contributed by atoms with E-state index in [-0.39, 0.29) is 0 Å². The molecule has 0 heterocycles. The third-order valence-corrected chi connectivity index (χ3v) is 4.21. The summed E-state index contributed by atoms with van der Waals surface area (Å²) in [5, 5.41) is 3.44. The lowest BCUT2D eigenvalue weighted by atomic mass is 9.96. The summed E-state index contributed by atoms with van der Waals surface area (Å²) in [6.07, 6.45) is 9.21. The maximum Gasteiger partial charge on any atom is 0.205 e. The first-order valence-corrected chi connectivity index (χ1v) is 7.85. The Hall–Kier alpha value is -0.810. The van der Waals surface area contributed by atoms with Crippen LogP contribution in [0.25, 0.3) is 0 Å². The van der Waals surface area contributed by atoms with Gasteiger partial charge in [-0.15, -0.1) is 0 Å². The van der Waals surface area contributed by atoms with Crippen LogP contribution in [0.1, 0.15) is 51.9 Å². The molecule has 0 aliphatic heterocycles. The van der Waals surface area contributed by atoms with Gasteiger partial charge in [-0.1, -0.05) is 26.2 Å². The molecular weight excluding hydrogens is 238 g/mol. The van der Waals surface area contributed by atoms with Gasteiger partial charge in [0.25, 0.3) is 0 Å². The summed E-state index contributed by atoms with van der Waals surface area (Å²) in [5.74, 6) is 6.32. The van der Waals surface area contributed by atoms with Crippen molar-refractivity contribution in [2.24, 2.45) is 10.8 Å². The fourth-order valence-electron chi connectivity index (χ4n) is 2.90. The van der Waals surface area contributed by atoms with Crippen molar-refractivity contribution in [1.29, 1.82) is 0 Å². The Morgan fingerprint density at radius 3 is 2.53 bits per heavy atom. The summed E-state index contributed by atoms with van der Waals surface area (Å²) in [6, 6.07) is 1.37. The molecule has 2 saturated carbocycles. The maximum absolute atomic E-state index is 5.55. The van der Waals surface area contributed by atoms with Crippen molar-refractivity contribution in [3.05, 3.63) is 0 Å². The quantitative estimate of drug-likeness (QED) is 0.293. The molecule has 2 fully saturated rings. The van der Waals surface area contributed by atoms with Crippen LogP contribution in [0.2, 0.25) is 0 Å². The fourth-order valence-corrected chi connectivity index (χ4v) is 2.90. The van der Waals surface area contributed by atoms with Crippen LogP contribution in [0.5, 0.6) is 0 Å². The first-order chi connectivity index (χ1) is 9.33. The topological polar surface area (TPSA) is 65.7 Å². The Morgan fingerprint density at radius 1 is 1.21 bits per heavy atom. The number of nitrogens with zero attached hydrogens (tertiary/aromatic N) is 2. The zero-order valence-electron chi connectivity index (χ0n) is 12.2. The van der Waals surface area contributed by atoms with Gasteiger partial charge in [0.15, 0.2) is 0 Å². The zero-order valence-corrected chi connectivity index (χ0v) is 12.2. The Labute approximate surface area is 117 Å². The van der Waals surface area contributed by atoms with Crippen LogP contribution < -0.4 is 16.6 Å². The number of guanidine groups is 1. The van der Waals surface area contributed by atoms with E-state index in [0.717, 1.165) is 31.6 Å². The van der Waals surface area contributed by atoms with E-state index >= 15 is 0 Å². The van der Waals surface area contributed by atoms with Crippen molar-refractivity contribution in [3.8, 4) is 0 Å². The highest BCUT2D eigenvalue weighted by Gasteiger charge is 2.27. The van der Waals surface area contributed by atoms with Gasteiger partial charge in [0.1, 0.15) is 0 Å². The highest BCUT2D eigenvalue weighted by atomic mass is 15.3. The first kappa shape index (κ1) is 14.6. The minimum absolute atomic E-state index is 0.550. The molecule has 0 atom stereocenters. The second-order valence-corrected chi connectivity index (χ2v) is 5.71. The predicted octanol–water partition coefficient (Wildman–Crippen LogP) is 1.21. The van der Waals surface area contributed by atoms with Gasteiger partial charge in [-0.25, -0.2) is 5.84 Å². The molecule has 0 saturated heterocycles. The first-order valence-electron chi connectivity index (χ1n) is 7.85. The van der Waals surface area contributed by atoms with Crippen molar-refractivity contribution in [3.63, 3.8) is 0 Å². The Kier molecular flexibility index (Phi) is 5.92. The molecule has 4 N–H and O–H groups in total. The normalized spacial score (nSPS) is 21.7. The van der Waals surface area contributed by atoms with E-state index in [2.05, 4.69) is 27.6 Å². The molecule has 2 rings (SSSR count). The number of nitrogens with two attached hydrogens (primary N) is 1. The van der Waals surface area contributed by atoms with E-state index < -0.39 is 0 Å². The van der Waals surface area contributed by atoms with E-state index in [4.69, 9.17) is 5.84 Å². The van der Waals surface area contributed by atoms with Crippen LogP contribution in [0.3, 0.4) is 0 Å². The molecule has 5 heteroatoms. The predicted molar refractivity (Wildman–Crippen MR) is 79.9 cm³/mol. The fraction of sp³-hybridized carbons (Fsp3) is 0.929. The monoisotopic (exact) mass is 267 g/mol. The van der Waals surface area contributed by atoms with Crippen molar-refractivity contribution >= 4 is 5.96 Å². The van der Waals surface area contributed by atoms with Crippen LogP contribution in [0.15, 0.2) is 4.99 Å². The number of aliphatic imine (C=N–C) groups is 1. The van der Waals surface area contributed by atoms with Crippen molar-refractivity contribution in [2.45, 2.75) is 64.0 Å². The van der Waals surface area contributed by atoms with Gasteiger partial charge in [0.2, 0.25) is 5.96 Å². The minimum Gasteiger partial charge on any atom is -0.353 e. The molecule has 0 radical (unpaired) electrons. The van der Waals surface area contributed by atoms with E-state index in [9.17, 15) is 0 Å². The largest absolute Gasteiger partial charge is 0.353 e. The second kappa shape index (κ2) is 7.70. The van der Waals surface area contributed by atoms with Crippen LogP contribution in [0, 0.1) is 0 Å². The minimum atomic E-state index is 0.550. The van der Waals surface area contributed by atoms with E-state index in [0.29, 0.717) is 6.04 Å². The molecule has 5 nitrogen and oxygen atoms in total. The summed E-state index contributed by atoms with van der Waals surface area (Å²) < 4.78 is 0. The average molecular weight is 267 g/mol. The molecule has 2 aliphatic carbocycles. The number of likely N-dealkylation sites (N-methyl/N-ethyl adjacent to an activating group) is 1. The Morgan fingerprint density at radius 2 is 1.95 bits per heavy atom. The molecule has 0 aromatic rings. The van der Waals surface area contributed by atoms with Crippen LogP contribution in [0.4, 0.5) is 0 Å². The number of hydrogen-bond acceptors (Lipinski definition) is 3. The van der Waals surface area contributed by atoms with Gasteiger partial charge < -0.3 is 5.32 Å². The van der Waals surface area contributed by atoms with Crippen LogP contribution in [-0.2, 0) is 0 Å². The van der Waals surface area contributed by atoms with Crippen molar-refractivity contribution < 1.29 is 0 Å². The highest BCUT2D eigenvalue weighted by Crippen LogP contribution is 2.25. The molecule has 0 unspecified atom stereocenters. The van der Waals surface area contributed by atoms with Gasteiger partial charge >= 0.3 is 0 Å². The molecule has 0 bridgehead atoms. The van der Waals surface area contributed by atoms with Gasteiger partial charge in [0.05, 0.1) is 6.54 Å². The maximum atomic E-state index is 5.55. The van der Waals surface area contributed by atoms with Gasteiger partial charge in [0, 0.05) is 18.6 Å². The lowest BCUT2D eigenvalue weighted by molar-refractivity contribution is 0.286. The molecule has 19 heavy (non-hydrogen) atoms. The standard InChI is InChI=1S/C14H29N5/c1-2-19(13-8-9-13)11-10-16-14(18-15)17-12-6-4-3-5-7-12/h12-13H,2-11,15H2,1H3,(H2,16,17,18). The summed E-state index contributed by atoms with van der Waals surface area (Å²) in [6.45, 7) is 5.22. The van der Waals surface area contributed by atoms with Gasteiger partial charge in [-0.05, 0) is 32.2 Å². The number of hydrogen-bond donors (Lipinski definition) is 3. The molecule has 0 aromatic carbocycles. The molecule has 0 amide bonds. The zero-order chi connectivity index (χ0) is 13.5. The molecule has 2 aliphatic rings. The van der Waals surface area contributed by atoms with Crippen molar-refractivity contribution in [2.75, 3.05) is 19.6 Å². The van der Waals surface area contributed by atoms with Crippen molar-refractivity contribution in [1.82, 2.24) is 15.6 Å². The van der Waals surface area contributed by atoms with E-state index in [1.807, 2.05) is 0 Å². The third-order valence-electron chi connectivity index (χ3n) is 4.21. The third kappa shape index (κ3) is 4.99. The number of rotatable bonds is 6. The van der Waals surface area contributed by atoms with Gasteiger partial charge in [-0.3, -0.25) is 15.3 Å². The smallest absolute Gasteiger partial charge is 0.205 e. The number of hydrazine groups is 1. The van der Waals surface area contributed by atoms with E-state index in [1.165, 1.54) is 44.9 Å². The summed E-state index contributed by atoms with van der Waals surface area (Å²) in [4.78, 5) is 7.07. The SMILES string of the molecule is CCN(CCN=C(NN)NC1CCCCC1)C1CC1. The van der Waals surface area contributed by atoms with Gasteiger partial charge in [-0.2, -0.15) is 0 Å². The highest BCUT2D eigenvalue weighted by molar-refractivity contribution is 5.79. The summed E-state index contributed by atoms with van der Waals surface area (Å²) >= 11 is 0. The Bertz CT molecular complexity index is 282. The Balaban J connectivity index is 1.71. The van der Waals surface area contributed by atoms with E-state index in [1.54, 1.807) is 0 Å².